The van der Waals surface area contributed by atoms with Crippen molar-refractivity contribution in [3.63, 3.8) is 0 Å². The number of anilines is 3. The Morgan fingerprint density at radius 2 is 1.00 bits per heavy atom. The van der Waals surface area contributed by atoms with Crippen LogP contribution in [0.2, 0.25) is 0 Å². The number of para-hydroxylation sites is 2. The lowest BCUT2D eigenvalue weighted by Gasteiger charge is -2.26. The van der Waals surface area contributed by atoms with Crippen molar-refractivity contribution in [2.45, 2.75) is 0 Å². The Labute approximate surface area is 300 Å². The van der Waals surface area contributed by atoms with E-state index in [2.05, 4.69) is 204 Å². The maximum Gasteiger partial charge on any atom is 0.0562 e. The van der Waals surface area contributed by atoms with Gasteiger partial charge in [-0.2, -0.15) is 0 Å². The molecule has 10 rings (SSSR count). The maximum absolute atomic E-state index is 2.43. The van der Waals surface area contributed by atoms with Crippen molar-refractivity contribution >= 4 is 70.4 Å². The third-order valence-corrected chi connectivity index (χ3v) is 11.1. The highest BCUT2D eigenvalue weighted by Gasteiger charge is 2.21. The molecule has 0 unspecified atom stereocenters. The van der Waals surface area contributed by atoms with Crippen LogP contribution in [-0.2, 0) is 0 Å². The molecule has 240 valence electrons. The summed E-state index contributed by atoms with van der Waals surface area (Å²) >= 11 is 1.85. The SMILES string of the molecule is c1ccc(-c2ccccc2-c2cccc3c2c2ccc(N(c4ccccc4)c4ccc5sc6ccccc6c5c4)cc2n3-c2ccccc2)cc1. The van der Waals surface area contributed by atoms with Gasteiger partial charge in [-0.25, -0.2) is 0 Å². The zero-order valence-electron chi connectivity index (χ0n) is 27.8. The van der Waals surface area contributed by atoms with Gasteiger partial charge in [0.25, 0.3) is 0 Å². The molecule has 0 saturated carbocycles. The molecule has 0 N–H and O–H groups in total. The smallest absolute Gasteiger partial charge is 0.0562 e. The summed E-state index contributed by atoms with van der Waals surface area (Å²) in [4.78, 5) is 2.39. The van der Waals surface area contributed by atoms with Crippen molar-refractivity contribution in [2.24, 2.45) is 0 Å². The molecule has 0 saturated heterocycles. The fourth-order valence-electron chi connectivity index (χ4n) is 7.74. The number of benzene rings is 8. The van der Waals surface area contributed by atoms with E-state index in [4.69, 9.17) is 0 Å². The maximum atomic E-state index is 2.43. The zero-order chi connectivity index (χ0) is 33.7. The molecule has 10 aromatic rings. The molecule has 51 heavy (non-hydrogen) atoms. The van der Waals surface area contributed by atoms with E-state index in [0.29, 0.717) is 0 Å². The van der Waals surface area contributed by atoms with Crippen LogP contribution < -0.4 is 4.90 Å². The largest absolute Gasteiger partial charge is 0.310 e. The predicted molar refractivity (Wildman–Crippen MR) is 219 cm³/mol. The number of fused-ring (bicyclic) bond motifs is 6. The van der Waals surface area contributed by atoms with Crippen molar-refractivity contribution in [3.8, 4) is 27.9 Å². The monoisotopic (exact) mass is 668 g/mol. The van der Waals surface area contributed by atoms with Crippen LogP contribution in [0.5, 0.6) is 0 Å². The molecule has 8 aromatic carbocycles. The van der Waals surface area contributed by atoms with Crippen molar-refractivity contribution in [2.75, 3.05) is 4.90 Å². The molecule has 3 heteroatoms. The summed E-state index contributed by atoms with van der Waals surface area (Å²) in [5, 5.41) is 5.07. The lowest BCUT2D eigenvalue weighted by Crippen LogP contribution is -2.09. The zero-order valence-corrected chi connectivity index (χ0v) is 28.6. The molecule has 0 bridgehead atoms. The van der Waals surface area contributed by atoms with Crippen LogP contribution in [-0.4, -0.2) is 4.57 Å². The van der Waals surface area contributed by atoms with E-state index in [0.717, 1.165) is 22.7 Å². The first kappa shape index (κ1) is 29.5. The lowest BCUT2D eigenvalue weighted by molar-refractivity contribution is 1.18. The van der Waals surface area contributed by atoms with Crippen molar-refractivity contribution < 1.29 is 0 Å². The molecule has 2 nitrogen and oxygen atoms in total. The Kier molecular flexibility index (Phi) is 7.04. The van der Waals surface area contributed by atoms with E-state index in [1.54, 1.807) is 0 Å². The molecule has 0 spiro atoms. The van der Waals surface area contributed by atoms with E-state index >= 15 is 0 Å². The summed E-state index contributed by atoms with van der Waals surface area (Å²) in [6.45, 7) is 0. The number of hydrogen-bond donors (Lipinski definition) is 0. The minimum absolute atomic E-state index is 1.11. The molecule has 0 aliphatic heterocycles. The summed E-state index contributed by atoms with van der Waals surface area (Å²) < 4.78 is 5.05. The molecule has 2 heterocycles. The van der Waals surface area contributed by atoms with Gasteiger partial charge in [-0.15, -0.1) is 11.3 Å². The normalized spacial score (nSPS) is 11.5. The van der Waals surface area contributed by atoms with Gasteiger partial charge >= 0.3 is 0 Å². The molecule has 0 amide bonds. The van der Waals surface area contributed by atoms with Crippen LogP contribution in [0.3, 0.4) is 0 Å². The van der Waals surface area contributed by atoms with E-state index < -0.39 is 0 Å². The van der Waals surface area contributed by atoms with Gasteiger partial charge in [0.1, 0.15) is 0 Å². The van der Waals surface area contributed by atoms with Gasteiger partial charge in [0.15, 0.2) is 0 Å². The number of thiophene rings is 1. The Morgan fingerprint density at radius 1 is 0.373 bits per heavy atom. The van der Waals surface area contributed by atoms with Gasteiger partial charge in [-0.1, -0.05) is 127 Å². The Bertz CT molecular complexity index is 2850. The van der Waals surface area contributed by atoms with Crippen molar-refractivity contribution in [1.29, 1.82) is 0 Å². The van der Waals surface area contributed by atoms with E-state index in [9.17, 15) is 0 Å². The molecule has 0 radical (unpaired) electrons. The molecule has 2 aromatic heterocycles. The second kappa shape index (κ2) is 12.2. The first-order valence-corrected chi connectivity index (χ1v) is 18.2. The highest BCUT2D eigenvalue weighted by molar-refractivity contribution is 7.25. The molecular weight excluding hydrogens is 637 g/mol. The number of nitrogens with zero attached hydrogens (tertiary/aromatic N) is 2. The second-order valence-corrected chi connectivity index (χ2v) is 14.0. The topological polar surface area (TPSA) is 8.17 Å². The Morgan fingerprint density at radius 3 is 1.82 bits per heavy atom. The molecule has 0 atom stereocenters. The van der Waals surface area contributed by atoms with Crippen molar-refractivity contribution in [1.82, 2.24) is 4.57 Å². The summed E-state index contributed by atoms with van der Waals surface area (Å²) in [5.41, 5.74) is 11.8. The molecule has 0 fully saturated rings. The molecule has 0 aliphatic rings. The highest BCUT2D eigenvalue weighted by Crippen LogP contribution is 2.45. The standard InChI is InChI=1S/C48H32N2S/c1-4-15-33(16-5-1)38-21-10-11-22-39(38)41-24-14-25-44-48(41)42-29-27-37(32-45(42)50(44)35-19-8-3-9-20-35)49(34-17-6-2-7-18-34)36-28-30-47-43(31-36)40-23-12-13-26-46(40)51-47/h1-32H. The number of hydrogen-bond acceptors (Lipinski definition) is 2. The average Bonchev–Trinajstić information content (AvgIpc) is 3.74. The lowest BCUT2D eigenvalue weighted by atomic mass is 9.92. The first-order valence-electron chi connectivity index (χ1n) is 17.4. The van der Waals surface area contributed by atoms with Gasteiger partial charge in [0.2, 0.25) is 0 Å². The van der Waals surface area contributed by atoms with Gasteiger partial charge in [0.05, 0.1) is 11.0 Å². The van der Waals surface area contributed by atoms with Crippen LogP contribution in [0.4, 0.5) is 17.1 Å². The fraction of sp³-hybridized carbons (Fsp3) is 0. The summed E-state index contributed by atoms with van der Waals surface area (Å²) in [6.07, 6.45) is 0. The Hall–Kier alpha value is -6.42. The third kappa shape index (κ3) is 4.93. The third-order valence-electron chi connectivity index (χ3n) is 9.98. The van der Waals surface area contributed by atoms with Crippen LogP contribution in [0.25, 0.3) is 69.9 Å². The van der Waals surface area contributed by atoms with Crippen LogP contribution in [0, 0.1) is 0 Å². The van der Waals surface area contributed by atoms with Gasteiger partial charge in [-0.05, 0) is 89.0 Å². The van der Waals surface area contributed by atoms with Crippen LogP contribution in [0.1, 0.15) is 0 Å². The quantitative estimate of drug-likeness (QED) is 0.171. The summed E-state index contributed by atoms with van der Waals surface area (Å²) in [5.74, 6) is 0. The second-order valence-electron chi connectivity index (χ2n) is 12.9. The minimum atomic E-state index is 1.11. The fourth-order valence-corrected chi connectivity index (χ4v) is 8.83. The number of rotatable bonds is 6. The number of aromatic nitrogens is 1. The van der Waals surface area contributed by atoms with E-state index in [-0.39, 0.29) is 0 Å². The van der Waals surface area contributed by atoms with Gasteiger partial charge < -0.3 is 9.47 Å². The summed E-state index contributed by atoms with van der Waals surface area (Å²) in [7, 11) is 0. The summed E-state index contributed by atoms with van der Waals surface area (Å²) in [6, 6.07) is 70.4. The highest BCUT2D eigenvalue weighted by atomic mass is 32.1. The minimum Gasteiger partial charge on any atom is -0.310 e. The van der Waals surface area contributed by atoms with E-state index in [1.165, 1.54) is 64.2 Å². The van der Waals surface area contributed by atoms with Crippen LogP contribution in [0.15, 0.2) is 194 Å². The predicted octanol–water partition coefficient (Wildman–Crippen LogP) is 14.0. The van der Waals surface area contributed by atoms with Crippen molar-refractivity contribution in [3.05, 3.63) is 194 Å². The van der Waals surface area contributed by atoms with Gasteiger partial charge in [0, 0.05) is 53.7 Å². The van der Waals surface area contributed by atoms with Gasteiger partial charge in [-0.3, -0.25) is 0 Å². The van der Waals surface area contributed by atoms with E-state index in [1.807, 2.05) is 11.3 Å². The average molecular weight is 669 g/mol. The molecule has 0 aliphatic carbocycles. The van der Waals surface area contributed by atoms with Crippen LogP contribution >= 0.6 is 11.3 Å². The Balaban J connectivity index is 1.24. The first-order chi connectivity index (χ1) is 25.3. The molecular formula is C48H32N2S.